The third-order valence-corrected chi connectivity index (χ3v) is 5.91. The van der Waals surface area contributed by atoms with Crippen molar-refractivity contribution in [2.75, 3.05) is 17.0 Å². The van der Waals surface area contributed by atoms with Crippen molar-refractivity contribution in [2.24, 2.45) is 0 Å². The molecule has 0 aliphatic rings. The highest BCUT2D eigenvalue weighted by Gasteiger charge is 2.15. The molecule has 6 nitrogen and oxygen atoms in total. The molecule has 9 heteroatoms. The summed E-state index contributed by atoms with van der Waals surface area (Å²) in [5, 5.41) is 0.516. The Balaban J connectivity index is 1.86. The van der Waals surface area contributed by atoms with Gasteiger partial charge >= 0.3 is 0 Å². The number of sulfonamides is 2. The van der Waals surface area contributed by atoms with E-state index in [0.717, 1.165) is 0 Å². The summed E-state index contributed by atoms with van der Waals surface area (Å²) in [6.45, 7) is -0.210. The summed E-state index contributed by atoms with van der Waals surface area (Å²) >= 11 is 5.74. The van der Waals surface area contributed by atoms with Gasteiger partial charge in [-0.15, -0.1) is 0 Å². The fourth-order valence-corrected chi connectivity index (χ4v) is 4.29. The first-order valence-electron chi connectivity index (χ1n) is 7.03. The Morgan fingerprint density at radius 2 is 1.46 bits per heavy atom. The zero-order valence-corrected chi connectivity index (χ0v) is 15.0. The van der Waals surface area contributed by atoms with E-state index in [4.69, 9.17) is 11.6 Å². The van der Waals surface area contributed by atoms with Crippen LogP contribution in [0.4, 0.5) is 5.69 Å². The quantitative estimate of drug-likeness (QED) is 0.725. The van der Waals surface area contributed by atoms with Crippen LogP contribution in [-0.2, 0) is 25.8 Å². The molecule has 0 spiro atoms. The van der Waals surface area contributed by atoms with Gasteiger partial charge in [-0.25, -0.2) is 21.6 Å². The molecule has 0 aromatic heterocycles. The zero-order chi connectivity index (χ0) is 17.6. The normalized spacial score (nSPS) is 12.0. The van der Waals surface area contributed by atoms with E-state index >= 15 is 0 Å². The lowest BCUT2D eigenvalue weighted by molar-refractivity contribution is 0.581. The first kappa shape index (κ1) is 18.7. The number of hydrogen-bond acceptors (Lipinski definition) is 4. The third-order valence-electron chi connectivity index (χ3n) is 3.01. The average Bonchev–Trinajstić information content (AvgIpc) is 2.49. The fraction of sp³-hybridized carbons (Fsp3) is 0.200. The second kappa shape index (κ2) is 7.98. The molecule has 0 unspecified atom stereocenters. The lowest BCUT2D eigenvalue weighted by atomic mass is 10.2. The molecule has 2 aromatic carbocycles. The van der Waals surface area contributed by atoms with Crippen molar-refractivity contribution in [3.8, 4) is 0 Å². The predicted octanol–water partition coefficient (Wildman–Crippen LogP) is 2.20. The van der Waals surface area contributed by atoms with Crippen LogP contribution in [0.1, 0.15) is 5.56 Å². The van der Waals surface area contributed by atoms with E-state index in [9.17, 15) is 16.8 Å². The second-order valence-corrected chi connectivity index (χ2v) is 9.15. The Labute approximate surface area is 147 Å². The van der Waals surface area contributed by atoms with E-state index < -0.39 is 20.0 Å². The summed E-state index contributed by atoms with van der Waals surface area (Å²) in [6, 6.07) is 14.8. The van der Waals surface area contributed by atoms with Crippen LogP contribution in [0.3, 0.4) is 0 Å². The minimum absolute atomic E-state index is 0.210. The maximum Gasteiger partial charge on any atom is 0.234 e. The van der Waals surface area contributed by atoms with E-state index in [-0.39, 0.29) is 18.1 Å². The van der Waals surface area contributed by atoms with Crippen LogP contribution in [0.5, 0.6) is 0 Å². The summed E-state index contributed by atoms with van der Waals surface area (Å²) in [5.41, 5.74) is 0.999. The molecule has 0 bridgehead atoms. The van der Waals surface area contributed by atoms with E-state index in [1.54, 1.807) is 54.6 Å². The molecule has 0 heterocycles. The van der Waals surface area contributed by atoms with Gasteiger partial charge in [0, 0.05) is 17.3 Å². The van der Waals surface area contributed by atoms with Crippen molar-refractivity contribution in [1.29, 1.82) is 0 Å². The molecule has 130 valence electrons. The molecule has 0 radical (unpaired) electrons. The first-order chi connectivity index (χ1) is 11.3. The Kier molecular flexibility index (Phi) is 6.22. The van der Waals surface area contributed by atoms with Gasteiger partial charge in [0.1, 0.15) is 0 Å². The molecule has 0 atom stereocenters. The van der Waals surface area contributed by atoms with Gasteiger partial charge in [0.25, 0.3) is 0 Å². The number of rotatable bonds is 8. The molecule has 2 N–H and O–H groups in total. The molecule has 2 rings (SSSR count). The molecule has 0 fully saturated rings. The van der Waals surface area contributed by atoms with E-state index in [1.807, 2.05) is 0 Å². The predicted molar refractivity (Wildman–Crippen MR) is 95.9 cm³/mol. The number of halogens is 1. The van der Waals surface area contributed by atoms with Crippen LogP contribution in [-0.4, -0.2) is 29.1 Å². The van der Waals surface area contributed by atoms with Crippen LogP contribution in [0.25, 0.3) is 0 Å². The number of para-hydroxylation sites is 1. The Bertz CT molecular complexity index is 867. The monoisotopic (exact) mass is 388 g/mol. The minimum atomic E-state index is -3.63. The summed E-state index contributed by atoms with van der Waals surface area (Å²) in [4.78, 5) is 0. The van der Waals surface area contributed by atoms with Gasteiger partial charge in [0.2, 0.25) is 20.0 Å². The fourth-order valence-electron chi connectivity index (χ4n) is 1.92. The van der Waals surface area contributed by atoms with Gasteiger partial charge in [-0.3, -0.25) is 4.72 Å². The minimum Gasteiger partial charge on any atom is -0.284 e. The zero-order valence-electron chi connectivity index (χ0n) is 12.6. The maximum atomic E-state index is 12.0. The lowest BCUT2D eigenvalue weighted by Gasteiger charge is -2.09. The van der Waals surface area contributed by atoms with Gasteiger partial charge in [-0.05, 0) is 29.8 Å². The third kappa shape index (κ3) is 6.48. The highest BCUT2D eigenvalue weighted by molar-refractivity contribution is 7.92. The Morgan fingerprint density at radius 1 is 0.833 bits per heavy atom. The molecule has 0 aliphatic heterocycles. The molecule has 0 saturated carbocycles. The Hall–Kier alpha value is -1.61. The van der Waals surface area contributed by atoms with E-state index in [1.165, 1.54) is 0 Å². The van der Waals surface area contributed by atoms with Crippen molar-refractivity contribution < 1.29 is 16.8 Å². The van der Waals surface area contributed by atoms with E-state index in [0.29, 0.717) is 16.3 Å². The second-order valence-electron chi connectivity index (χ2n) is 5.07. The summed E-state index contributed by atoms with van der Waals surface area (Å²) < 4.78 is 52.4. The average molecular weight is 389 g/mol. The van der Waals surface area contributed by atoms with Crippen LogP contribution in [0.15, 0.2) is 54.6 Å². The number of benzene rings is 2. The summed E-state index contributed by atoms with van der Waals surface area (Å²) in [6.07, 6.45) is 0. The van der Waals surface area contributed by atoms with E-state index in [2.05, 4.69) is 9.44 Å². The highest BCUT2D eigenvalue weighted by atomic mass is 35.5. The Morgan fingerprint density at radius 3 is 2.08 bits per heavy atom. The van der Waals surface area contributed by atoms with Crippen LogP contribution in [0, 0.1) is 0 Å². The van der Waals surface area contributed by atoms with Crippen molar-refractivity contribution in [3.63, 3.8) is 0 Å². The van der Waals surface area contributed by atoms with Crippen LogP contribution < -0.4 is 9.44 Å². The summed E-state index contributed by atoms with van der Waals surface area (Å²) in [7, 11) is -7.26. The lowest BCUT2D eigenvalue weighted by Crippen LogP contribution is -2.32. The molecule has 24 heavy (non-hydrogen) atoms. The summed E-state index contributed by atoms with van der Waals surface area (Å²) in [5.74, 6) is -0.599. The van der Waals surface area contributed by atoms with Crippen molar-refractivity contribution in [1.82, 2.24) is 4.72 Å². The molecular formula is C15H17ClN2O4S2. The highest BCUT2D eigenvalue weighted by Crippen LogP contribution is 2.12. The van der Waals surface area contributed by atoms with Gasteiger partial charge in [-0.1, -0.05) is 41.9 Å². The number of nitrogens with one attached hydrogen (secondary N) is 2. The molecular weight excluding hydrogens is 372 g/mol. The number of hydrogen-bond donors (Lipinski definition) is 2. The molecule has 0 amide bonds. The van der Waals surface area contributed by atoms with Crippen molar-refractivity contribution in [3.05, 3.63) is 65.2 Å². The van der Waals surface area contributed by atoms with Crippen LogP contribution in [0.2, 0.25) is 5.02 Å². The molecule has 0 aliphatic carbocycles. The largest absolute Gasteiger partial charge is 0.284 e. The topological polar surface area (TPSA) is 92.3 Å². The standard InChI is InChI=1S/C15H17ClN2O4S2/c16-14-8-6-13(7-9-14)12-24(21,22)17-10-11-23(19,20)18-15-4-2-1-3-5-15/h1-9,17-18H,10-12H2. The van der Waals surface area contributed by atoms with Gasteiger partial charge in [0.15, 0.2) is 0 Å². The maximum absolute atomic E-state index is 12.0. The smallest absolute Gasteiger partial charge is 0.234 e. The van der Waals surface area contributed by atoms with Gasteiger partial charge < -0.3 is 0 Å². The molecule has 0 saturated heterocycles. The van der Waals surface area contributed by atoms with Gasteiger partial charge in [-0.2, -0.15) is 0 Å². The van der Waals surface area contributed by atoms with Crippen LogP contribution >= 0.6 is 11.6 Å². The van der Waals surface area contributed by atoms with Crippen molar-refractivity contribution >= 4 is 37.3 Å². The molecule has 2 aromatic rings. The first-order valence-corrected chi connectivity index (χ1v) is 10.7. The number of anilines is 1. The van der Waals surface area contributed by atoms with Crippen molar-refractivity contribution in [2.45, 2.75) is 5.75 Å². The van der Waals surface area contributed by atoms with Gasteiger partial charge in [0.05, 0.1) is 11.5 Å². The SMILES string of the molecule is O=S(=O)(Cc1ccc(Cl)cc1)NCCS(=O)(=O)Nc1ccccc1.